The number of aromatic amines is 1. The number of hydrogen-bond donors (Lipinski definition) is 2. The minimum atomic E-state index is -0.229. The number of nitrogen functional groups attached to an aromatic ring is 1. The summed E-state index contributed by atoms with van der Waals surface area (Å²) in [6.07, 6.45) is 1.74. The maximum absolute atomic E-state index is 13.2. The van der Waals surface area contributed by atoms with Crippen LogP contribution in [0.25, 0.3) is 10.9 Å². The zero-order valence-corrected chi connectivity index (χ0v) is 11.1. The zero-order valence-electron chi connectivity index (χ0n) is 11.1. The number of anilines is 2. The summed E-state index contributed by atoms with van der Waals surface area (Å²) in [6, 6.07) is 10.4. The van der Waals surface area contributed by atoms with Gasteiger partial charge in [0, 0.05) is 19.0 Å². The predicted molar refractivity (Wildman–Crippen MR) is 79.0 cm³/mol. The molecule has 3 rings (SSSR count). The highest BCUT2D eigenvalue weighted by Crippen LogP contribution is 2.28. The number of nitrogens with two attached hydrogens (primary N) is 1. The van der Waals surface area contributed by atoms with Crippen molar-refractivity contribution in [2.45, 2.75) is 6.54 Å². The Morgan fingerprint density at radius 2 is 2.15 bits per heavy atom. The number of rotatable bonds is 3. The van der Waals surface area contributed by atoms with E-state index in [1.807, 2.05) is 30.1 Å². The molecule has 0 atom stereocenters. The average molecular weight is 270 g/mol. The Morgan fingerprint density at radius 1 is 1.30 bits per heavy atom. The standard InChI is InChI=1S/C15H15FN4/c1-20(9-10-3-2-4-12(16)5-10)15-7-14-11(6-13(15)17)8-18-19-14/h2-8H,9,17H2,1H3,(H,18,19). The highest BCUT2D eigenvalue weighted by atomic mass is 19.1. The Bertz CT molecular complexity index is 750. The van der Waals surface area contributed by atoms with Crippen LogP contribution in [0.3, 0.4) is 0 Å². The van der Waals surface area contributed by atoms with Crippen LogP contribution >= 0.6 is 0 Å². The summed E-state index contributed by atoms with van der Waals surface area (Å²) < 4.78 is 13.2. The molecule has 0 saturated heterocycles. The molecule has 0 saturated carbocycles. The normalized spacial score (nSPS) is 10.9. The van der Waals surface area contributed by atoms with Gasteiger partial charge < -0.3 is 10.6 Å². The molecule has 0 fully saturated rings. The number of halogens is 1. The summed E-state index contributed by atoms with van der Waals surface area (Å²) in [5.41, 5.74) is 9.48. The average Bonchev–Trinajstić information content (AvgIpc) is 2.84. The van der Waals surface area contributed by atoms with Crippen molar-refractivity contribution in [3.8, 4) is 0 Å². The number of benzene rings is 2. The quantitative estimate of drug-likeness (QED) is 0.719. The molecular weight excluding hydrogens is 255 g/mol. The van der Waals surface area contributed by atoms with Crippen LogP contribution in [0.5, 0.6) is 0 Å². The summed E-state index contributed by atoms with van der Waals surface area (Å²) in [5.74, 6) is -0.229. The first-order chi connectivity index (χ1) is 9.63. The highest BCUT2D eigenvalue weighted by Gasteiger charge is 2.09. The molecule has 1 aromatic heterocycles. The van der Waals surface area contributed by atoms with Gasteiger partial charge in [0.2, 0.25) is 0 Å². The Labute approximate surface area is 116 Å². The van der Waals surface area contributed by atoms with Gasteiger partial charge in [0.15, 0.2) is 0 Å². The van der Waals surface area contributed by atoms with Crippen molar-refractivity contribution >= 4 is 22.3 Å². The van der Waals surface area contributed by atoms with E-state index in [9.17, 15) is 4.39 Å². The van der Waals surface area contributed by atoms with E-state index < -0.39 is 0 Å². The molecule has 0 aliphatic carbocycles. The first kappa shape index (κ1) is 12.5. The van der Waals surface area contributed by atoms with E-state index in [0.717, 1.165) is 22.2 Å². The van der Waals surface area contributed by atoms with Crippen LogP contribution in [0.2, 0.25) is 0 Å². The molecule has 102 valence electrons. The third-order valence-electron chi connectivity index (χ3n) is 3.31. The van der Waals surface area contributed by atoms with Crippen molar-refractivity contribution < 1.29 is 4.39 Å². The molecular formula is C15H15FN4. The van der Waals surface area contributed by atoms with Gasteiger partial charge in [-0.15, -0.1) is 0 Å². The van der Waals surface area contributed by atoms with Crippen molar-refractivity contribution in [1.82, 2.24) is 10.2 Å². The van der Waals surface area contributed by atoms with Crippen LogP contribution in [-0.4, -0.2) is 17.2 Å². The van der Waals surface area contributed by atoms with Crippen LogP contribution in [0.1, 0.15) is 5.56 Å². The van der Waals surface area contributed by atoms with Crippen molar-refractivity contribution in [2.75, 3.05) is 17.7 Å². The first-order valence-corrected chi connectivity index (χ1v) is 6.31. The van der Waals surface area contributed by atoms with E-state index in [4.69, 9.17) is 5.73 Å². The van der Waals surface area contributed by atoms with Gasteiger partial charge in [-0.25, -0.2) is 4.39 Å². The first-order valence-electron chi connectivity index (χ1n) is 6.31. The van der Waals surface area contributed by atoms with Crippen molar-refractivity contribution in [3.05, 3.63) is 54.0 Å². The van der Waals surface area contributed by atoms with Crippen molar-refractivity contribution in [1.29, 1.82) is 0 Å². The lowest BCUT2D eigenvalue weighted by Crippen LogP contribution is -2.17. The number of aromatic nitrogens is 2. The van der Waals surface area contributed by atoms with E-state index in [0.29, 0.717) is 12.2 Å². The molecule has 3 aromatic rings. The van der Waals surface area contributed by atoms with Gasteiger partial charge in [0.25, 0.3) is 0 Å². The van der Waals surface area contributed by atoms with Crippen LogP contribution in [0.4, 0.5) is 15.8 Å². The largest absolute Gasteiger partial charge is 0.397 e. The highest BCUT2D eigenvalue weighted by molar-refractivity contribution is 5.88. The van der Waals surface area contributed by atoms with E-state index >= 15 is 0 Å². The van der Waals surface area contributed by atoms with Crippen LogP contribution in [-0.2, 0) is 6.54 Å². The van der Waals surface area contributed by atoms with Gasteiger partial charge in [-0.05, 0) is 29.8 Å². The second-order valence-electron chi connectivity index (χ2n) is 4.85. The van der Waals surface area contributed by atoms with Gasteiger partial charge in [-0.2, -0.15) is 5.10 Å². The fraction of sp³-hybridized carbons (Fsp3) is 0.133. The van der Waals surface area contributed by atoms with Crippen molar-refractivity contribution in [3.63, 3.8) is 0 Å². The molecule has 4 nitrogen and oxygen atoms in total. The minimum Gasteiger partial charge on any atom is -0.397 e. The topological polar surface area (TPSA) is 57.9 Å². The minimum absolute atomic E-state index is 0.229. The van der Waals surface area contributed by atoms with E-state index in [1.54, 1.807) is 12.3 Å². The SMILES string of the molecule is CN(Cc1cccc(F)c1)c1cc2[nH]ncc2cc1N. The van der Waals surface area contributed by atoms with E-state index in [-0.39, 0.29) is 5.82 Å². The Balaban J connectivity index is 1.91. The molecule has 0 aliphatic rings. The van der Waals surface area contributed by atoms with E-state index in [1.165, 1.54) is 12.1 Å². The van der Waals surface area contributed by atoms with Gasteiger partial charge in [0.1, 0.15) is 5.82 Å². The number of fused-ring (bicyclic) bond motifs is 1. The molecule has 3 N–H and O–H groups in total. The third-order valence-corrected chi connectivity index (χ3v) is 3.31. The molecule has 0 aliphatic heterocycles. The molecule has 0 spiro atoms. The Morgan fingerprint density at radius 3 is 2.95 bits per heavy atom. The third kappa shape index (κ3) is 2.30. The van der Waals surface area contributed by atoms with Gasteiger partial charge in [-0.1, -0.05) is 12.1 Å². The Hall–Kier alpha value is -2.56. The summed E-state index contributed by atoms with van der Waals surface area (Å²) in [7, 11) is 1.93. The molecule has 0 bridgehead atoms. The van der Waals surface area contributed by atoms with Gasteiger partial charge in [-0.3, -0.25) is 5.10 Å². The molecule has 2 aromatic carbocycles. The van der Waals surface area contributed by atoms with Gasteiger partial charge in [0.05, 0.1) is 23.1 Å². The zero-order chi connectivity index (χ0) is 14.1. The van der Waals surface area contributed by atoms with Gasteiger partial charge >= 0.3 is 0 Å². The second kappa shape index (κ2) is 4.85. The summed E-state index contributed by atoms with van der Waals surface area (Å²) in [4.78, 5) is 1.99. The molecule has 20 heavy (non-hydrogen) atoms. The molecule has 0 radical (unpaired) electrons. The number of hydrogen-bond acceptors (Lipinski definition) is 3. The lowest BCUT2D eigenvalue weighted by atomic mass is 10.1. The lowest BCUT2D eigenvalue weighted by Gasteiger charge is -2.21. The second-order valence-corrected chi connectivity index (χ2v) is 4.85. The van der Waals surface area contributed by atoms with Crippen LogP contribution in [0.15, 0.2) is 42.6 Å². The fourth-order valence-corrected chi connectivity index (χ4v) is 2.32. The smallest absolute Gasteiger partial charge is 0.123 e. The molecule has 0 unspecified atom stereocenters. The van der Waals surface area contributed by atoms with Crippen LogP contribution < -0.4 is 10.6 Å². The summed E-state index contributed by atoms with van der Waals surface area (Å²) in [6.45, 7) is 0.585. The number of nitrogens with zero attached hydrogens (tertiary/aromatic N) is 2. The lowest BCUT2D eigenvalue weighted by molar-refractivity contribution is 0.625. The maximum atomic E-state index is 13.2. The van der Waals surface area contributed by atoms with E-state index in [2.05, 4.69) is 10.2 Å². The molecule has 0 amide bonds. The monoisotopic (exact) mass is 270 g/mol. The number of H-pyrrole nitrogens is 1. The predicted octanol–water partition coefficient (Wildman–Crippen LogP) is 2.92. The Kier molecular flexibility index (Phi) is 3.02. The molecule has 1 heterocycles. The van der Waals surface area contributed by atoms with Crippen LogP contribution in [0, 0.1) is 5.82 Å². The maximum Gasteiger partial charge on any atom is 0.123 e. The van der Waals surface area contributed by atoms with Crippen molar-refractivity contribution in [2.24, 2.45) is 0 Å². The molecule has 5 heteroatoms. The number of nitrogens with one attached hydrogen (secondary N) is 1. The fourth-order valence-electron chi connectivity index (χ4n) is 2.32. The summed E-state index contributed by atoms with van der Waals surface area (Å²) >= 11 is 0. The summed E-state index contributed by atoms with van der Waals surface area (Å²) in [5, 5.41) is 7.89.